The molecule has 2 aliphatic rings. The quantitative estimate of drug-likeness (QED) is 0.365. The van der Waals surface area contributed by atoms with Crippen molar-refractivity contribution < 1.29 is 0 Å². The molecular formula is C25H34Br2. The first-order chi connectivity index (χ1) is 12.8. The smallest absolute Gasteiger partial charge is 0.0250 e. The molecule has 0 radical (unpaired) electrons. The van der Waals surface area contributed by atoms with Gasteiger partial charge in [0.2, 0.25) is 0 Å². The highest BCUT2D eigenvalue weighted by molar-refractivity contribution is 9.11. The topological polar surface area (TPSA) is 0 Å². The van der Waals surface area contributed by atoms with Crippen molar-refractivity contribution in [2.45, 2.75) is 67.7 Å². The number of benzene rings is 1. The van der Waals surface area contributed by atoms with Crippen LogP contribution in [0, 0.1) is 5.92 Å². The predicted octanol–water partition coefficient (Wildman–Crippen LogP) is 9.58. The van der Waals surface area contributed by atoms with Crippen LogP contribution in [0.5, 0.6) is 0 Å². The molecule has 1 aromatic carbocycles. The zero-order valence-corrected chi connectivity index (χ0v) is 21.3. The Kier molecular flexibility index (Phi) is 10.0. The molecule has 2 heteroatoms. The molecule has 3 rings (SSSR count). The van der Waals surface area contributed by atoms with Gasteiger partial charge in [-0.25, -0.2) is 0 Å². The molecule has 0 aromatic heterocycles. The summed E-state index contributed by atoms with van der Waals surface area (Å²) >= 11 is 7.12. The molecule has 0 heterocycles. The second kappa shape index (κ2) is 11.2. The van der Waals surface area contributed by atoms with Crippen LogP contribution in [0.15, 0.2) is 61.6 Å². The lowest BCUT2D eigenvalue weighted by Gasteiger charge is -2.11. The number of hydrogen-bond acceptors (Lipinski definition) is 0. The largest absolute Gasteiger partial charge is 0.0832 e. The van der Waals surface area contributed by atoms with E-state index in [1.54, 1.807) is 0 Å². The monoisotopic (exact) mass is 492 g/mol. The molecule has 0 spiro atoms. The van der Waals surface area contributed by atoms with E-state index in [0.717, 1.165) is 0 Å². The van der Waals surface area contributed by atoms with Gasteiger partial charge in [-0.1, -0.05) is 101 Å². The van der Waals surface area contributed by atoms with Crippen LogP contribution in [0.4, 0.5) is 0 Å². The van der Waals surface area contributed by atoms with Crippen molar-refractivity contribution in [3.05, 3.63) is 72.7 Å². The maximum Gasteiger partial charge on any atom is 0.0250 e. The van der Waals surface area contributed by atoms with Crippen LogP contribution in [-0.2, 0) is 0 Å². The minimum Gasteiger partial charge on any atom is -0.0832 e. The molecule has 0 fully saturated rings. The van der Waals surface area contributed by atoms with Crippen LogP contribution in [-0.4, -0.2) is 0 Å². The van der Waals surface area contributed by atoms with Gasteiger partial charge in [0.15, 0.2) is 0 Å². The maximum atomic E-state index is 3.59. The maximum absolute atomic E-state index is 3.59. The van der Waals surface area contributed by atoms with E-state index >= 15 is 0 Å². The van der Waals surface area contributed by atoms with Crippen molar-refractivity contribution in [3.63, 3.8) is 0 Å². The average molecular weight is 494 g/mol. The molecule has 2 aliphatic carbocycles. The zero-order valence-electron chi connectivity index (χ0n) is 18.1. The van der Waals surface area contributed by atoms with Gasteiger partial charge in [0.1, 0.15) is 0 Å². The summed E-state index contributed by atoms with van der Waals surface area (Å²) < 4.78 is 2.46. The summed E-state index contributed by atoms with van der Waals surface area (Å²) in [5, 5.41) is 0. The van der Waals surface area contributed by atoms with Crippen LogP contribution >= 0.6 is 31.9 Å². The fraction of sp³-hybridized carbons (Fsp3) is 0.440. The SMILES string of the molecule is C/C=C1\C(=C(/C)Br)C=C(C)C1C.CC.CCC1C(C)=Cc2c(Br)cccc21. The first-order valence-electron chi connectivity index (χ1n) is 9.99. The molecular weight excluding hydrogens is 460 g/mol. The number of hydrogen-bond donors (Lipinski definition) is 0. The predicted molar refractivity (Wildman–Crippen MR) is 130 cm³/mol. The second-order valence-corrected chi connectivity index (χ2v) is 8.94. The van der Waals surface area contributed by atoms with E-state index < -0.39 is 0 Å². The number of allylic oxidation sites excluding steroid dienone is 7. The lowest BCUT2D eigenvalue weighted by Crippen LogP contribution is -1.94. The van der Waals surface area contributed by atoms with Crippen molar-refractivity contribution in [2.75, 3.05) is 0 Å². The molecule has 0 saturated heterocycles. The van der Waals surface area contributed by atoms with Crippen molar-refractivity contribution in [3.8, 4) is 0 Å². The highest BCUT2D eigenvalue weighted by Crippen LogP contribution is 2.41. The summed E-state index contributed by atoms with van der Waals surface area (Å²) in [7, 11) is 0. The first kappa shape index (κ1) is 24.2. The van der Waals surface area contributed by atoms with Gasteiger partial charge in [0, 0.05) is 16.3 Å². The van der Waals surface area contributed by atoms with Gasteiger partial charge in [0.25, 0.3) is 0 Å². The first-order valence-corrected chi connectivity index (χ1v) is 11.6. The highest BCUT2D eigenvalue weighted by atomic mass is 79.9. The molecule has 27 heavy (non-hydrogen) atoms. The van der Waals surface area contributed by atoms with Gasteiger partial charge in [-0.2, -0.15) is 0 Å². The van der Waals surface area contributed by atoms with Gasteiger partial charge in [-0.05, 0) is 66.9 Å². The third kappa shape index (κ3) is 5.57. The Balaban J connectivity index is 0.000000248. The van der Waals surface area contributed by atoms with E-state index in [0.29, 0.717) is 11.8 Å². The second-order valence-electron chi connectivity index (χ2n) is 6.89. The molecule has 0 amide bonds. The van der Waals surface area contributed by atoms with E-state index in [1.165, 1.54) is 48.8 Å². The number of halogens is 2. The standard InChI is InChI=1S/C12H13Br.C11H15Br.C2H6/c1-3-9-8(2)7-11-10(9)5-4-6-12(11)13;1-5-10-8(3)7(2)6-11(10)9(4)12;1-2/h4-7,9H,3H2,1-2H3;5-6,8H,1-4H3;1-2H3/b;10-5-,11-9+;. The highest BCUT2D eigenvalue weighted by Gasteiger charge is 2.22. The van der Waals surface area contributed by atoms with E-state index in [2.05, 4.69) is 110 Å². The summed E-state index contributed by atoms with van der Waals surface area (Å²) in [6.07, 6.45) is 7.97. The van der Waals surface area contributed by atoms with E-state index in [1.807, 2.05) is 13.8 Å². The van der Waals surface area contributed by atoms with Gasteiger partial charge in [-0.3, -0.25) is 0 Å². The lowest BCUT2D eigenvalue weighted by atomic mass is 9.94. The van der Waals surface area contributed by atoms with Crippen molar-refractivity contribution in [2.24, 2.45) is 5.92 Å². The Hall–Kier alpha value is -0.860. The normalized spacial score (nSPS) is 23.6. The summed E-state index contributed by atoms with van der Waals surface area (Å²) in [6, 6.07) is 6.47. The van der Waals surface area contributed by atoms with E-state index in [-0.39, 0.29) is 0 Å². The summed E-state index contributed by atoms with van der Waals surface area (Å²) in [5.41, 5.74) is 8.62. The van der Waals surface area contributed by atoms with Crippen LogP contribution in [0.3, 0.4) is 0 Å². The third-order valence-corrected chi connectivity index (χ3v) is 6.43. The van der Waals surface area contributed by atoms with Crippen LogP contribution in [0.2, 0.25) is 0 Å². The molecule has 1 aromatic rings. The fourth-order valence-corrected chi connectivity index (χ4v) is 4.58. The molecule has 2 atom stereocenters. The molecule has 0 bridgehead atoms. The lowest BCUT2D eigenvalue weighted by molar-refractivity contribution is 0.776. The molecule has 0 aliphatic heterocycles. The minimum absolute atomic E-state index is 0.595. The molecule has 148 valence electrons. The number of fused-ring (bicyclic) bond motifs is 1. The minimum atomic E-state index is 0.595. The Labute approximate surface area is 183 Å². The van der Waals surface area contributed by atoms with E-state index in [4.69, 9.17) is 0 Å². The molecule has 0 saturated carbocycles. The van der Waals surface area contributed by atoms with Crippen molar-refractivity contribution >= 4 is 37.9 Å². The zero-order chi connectivity index (χ0) is 20.7. The average Bonchev–Trinajstić information content (AvgIpc) is 3.14. The van der Waals surface area contributed by atoms with Crippen molar-refractivity contribution in [1.82, 2.24) is 0 Å². The molecule has 0 N–H and O–H groups in total. The van der Waals surface area contributed by atoms with Crippen LogP contribution in [0.25, 0.3) is 6.08 Å². The Morgan fingerprint density at radius 2 is 1.74 bits per heavy atom. The summed E-state index contributed by atoms with van der Waals surface area (Å²) in [5.74, 6) is 1.24. The number of rotatable bonds is 1. The van der Waals surface area contributed by atoms with Crippen molar-refractivity contribution in [1.29, 1.82) is 0 Å². The third-order valence-electron chi connectivity index (χ3n) is 5.31. The van der Waals surface area contributed by atoms with Crippen LogP contribution in [0.1, 0.15) is 78.9 Å². The molecule has 0 nitrogen and oxygen atoms in total. The summed E-state index contributed by atoms with van der Waals surface area (Å²) in [6.45, 7) is 17.1. The van der Waals surface area contributed by atoms with Gasteiger partial charge in [-0.15, -0.1) is 0 Å². The van der Waals surface area contributed by atoms with E-state index in [9.17, 15) is 0 Å². The Bertz CT molecular complexity index is 772. The van der Waals surface area contributed by atoms with Gasteiger partial charge >= 0.3 is 0 Å². The Morgan fingerprint density at radius 3 is 2.22 bits per heavy atom. The summed E-state index contributed by atoms with van der Waals surface area (Å²) in [4.78, 5) is 0. The molecule has 2 unspecified atom stereocenters. The van der Waals surface area contributed by atoms with Gasteiger partial charge < -0.3 is 0 Å². The van der Waals surface area contributed by atoms with Gasteiger partial charge in [0.05, 0.1) is 0 Å². The van der Waals surface area contributed by atoms with Crippen LogP contribution < -0.4 is 0 Å². The Morgan fingerprint density at radius 1 is 1.11 bits per heavy atom. The fourth-order valence-electron chi connectivity index (χ4n) is 3.74.